The summed E-state index contributed by atoms with van der Waals surface area (Å²) < 4.78 is 0. The van der Waals surface area contributed by atoms with Crippen molar-refractivity contribution in [3.05, 3.63) is 35.9 Å². The van der Waals surface area contributed by atoms with Crippen LogP contribution in [0.2, 0.25) is 0 Å². The summed E-state index contributed by atoms with van der Waals surface area (Å²) in [5.74, 6) is -0.123. The summed E-state index contributed by atoms with van der Waals surface area (Å²) in [5, 5.41) is 12.5. The largest absolute Gasteiger partial charge is 0.480 e. The molecule has 19 heavy (non-hydrogen) atoms. The molecule has 0 radical (unpaired) electrons. The van der Waals surface area contributed by atoms with Crippen LogP contribution in [0, 0.1) is 5.92 Å². The van der Waals surface area contributed by atoms with Crippen molar-refractivity contribution in [2.24, 2.45) is 5.92 Å². The standard InChI is InChI=1S/C16H25NO2/c1-12(2)9-10-13(3)17-15(16(18)19)11-14-7-5-4-6-8-14/h4-8,12-13,15,17H,9-11H2,1-3H3,(H,18,19)/t13?,15-/m1/s1. The molecule has 2 N–H and O–H groups in total. The molecule has 3 nitrogen and oxygen atoms in total. The number of nitrogens with one attached hydrogen (secondary N) is 1. The fourth-order valence-electron chi connectivity index (χ4n) is 2.08. The number of rotatable bonds is 8. The van der Waals surface area contributed by atoms with Crippen LogP contribution < -0.4 is 5.32 Å². The van der Waals surface area contributed by atoms with Crippen LogP contribution in [0.4, 0.5) is 0 Å². The van der Waals surface area contributed by atoms with Gasteiger partial charge in [-0.3, -0.25) is 4.79 Å². The van der Waals surface area contributed by atoms with E-state index in [4.69, 9.17) is 0 Å². The molecule has 0 bridgehead atoms. The van der Waals surface area contributed by atoms with Crippen LogP contribution >= 0.6 is 0 Å². The number of carboxylic acid groups (broad SMARTS) is 1. The molecule has 0 aliphatic heterocycles. The Morgan fingerprint density at radius 3 is 2.32 bits per heavy atom. The molecule has 0 amide bonds. The molecule has 0 spiro atoms. The van der Waals surface area contributed by atoms with Crippen LogP contribution in [0.5, 0.6) is 0 Å². The zero-order valence-electron chi connectivity index (χ0n) is 12.1. The third-order valence-corrected chi connectivity index (χ3v) is 3.24. The Hall–Kier alpha value is -1.35. The summed E-state index contributed by atoms with van der Waals surface area (Å²) in [5.41, 5.74) is 1.05. The first-order valence-electron chi connectivity index (χ1n) is 7.01. The van der Waals surface area contributed by atoms with Crippen molar-refractivity contribution in [1.29, 1.82) is 0 Å². The van der Waals surface area contributed by atoms with E-state index in [0.717, 1.165) is 18.4 Å². The topological polar surface area (TPSA) is 49.3 Å². The van der Waals surface area contributed by atoms with Gasteiger partial charge < -0.3 is 10.4 Å². The highest BCUT2D eigenvalue weighted by molar-refractivity contribution is 5.74. The minimum atomic E-state index is -0.778. The Morgan fingerprint density at radius 2 is 1.79 bits per heavy atom. The van der Waals surface area contributed by atoms with E-state index >= 15 is 0 Å². The molecule has 1 aromatic carbocycles. The number of hydrogen-bond acceptors (Lipinski definition) is 2. The van der Waals surface area contributed by atoms with Gasteiger partial charge in [0.15, 0.2) is 0 Å². The second-order valence-electron chi connectivity index (χ2n) is 5.62. The molecule has 1 unspecified atom stereocenters. The van der Waals surface area contributed by atoms with E-state index in [1.165, 1.54) is 0 Å². The monoisotopic (exact) mass is 263 g/mol. The van der Waals surface area contributed by atoms with Crippen LogP contribution in [0.25, 0.3) is 0 Å². The molecule has 1 rings (SSSR count). The van der Waals surface area contributed by atoms with Gasteiger partial charge in [0.25, 0.3) is 0 Å². The second kappa shape index (κ2) is 7.95. The molecule has 0 aliphatic rings. The first-order chi connectivity index (χ1) is 8.99. The summed E-state index contributed by atoms with van der Waals surface area (Å²) in [6.45, 7) is 6.43. The van der Waals surface area contributed by atoms with Crippen molar-refractivity contribution in [2.45, 2.75) is 52.1 Å². The van der Waals surface area contributed by atoms with Crippen molar-refractivity contribution in [3.8, 4) is 0 Å². The molecule has 0 heterocycles. The van der Waals surface area contributed by atoms with Crippen molar-refractivity contribution >= 4 is 5.97 Å². The molecule has 106 valence electrons. The van der Waals surface area contributed by atoms with Crippen LogP contribution in [0.3, 0.4) is 0 Å². The highest BCUT2D eigenvalue weighted by Crippen LogP contribution is 2.09. The summed E-state index contributed by atoms with van der Waals surface area (Å²) in [4.78, 5) is 11.3. The van der Waals surface area contributed by atoms with Crippen molar-refractivity contribution < 1.29 is 9.90 Å². The lowest BCUT2D eigenvalue weighted by Gasteiger charge is -2.21. The van der Waals surface area contributed by atoms with E-state index in [-0.39, 0.29) is 6.04 Å². The highest BCUT2D eigenvalue weighted by Gasteiger charge is 2.19. The number of carboxylic acids is 1. The predicted molar refractivity (Wildman–Crippen MR) is 78.2 cm³/mol. The van der Waals surface area contributed by atoms with E-state index < -0.39 is 12.0 Å². The van der Waals surface area contributed by atoms with E-state index in [2.05, 4.69) is 26.1 Å². The molecule has 2 atom stereocenters. The molecule has 1 aromatic rings. The van der Waals surface area contributed by atoms with Gasteiger partial charge in [0.2, 0.25) is 0 Å². The maximum atomic E-state index is 11.3. The van der Waals surface area contributed by atoms with Crippen LogP contribution in [0.1, 0.15) is 39.2 Å². The fourth-order valence-corrected chi connectivity index (χ4v) is 2.08. The zero-order valence-corrected chi connectivity index (χ0v) is 12.1. The van der Waals surface area contributed by atoms with Gasteiger partial charge in [0, 0.05) is 6.04 Å². The number of benzene rings is 1. The maximum absolute atomic E-state index is 11.3. The SMILES string of the molecule is CC(C)CCC(C)N[C@H](Cc1ccccc1)C(=O)O. The minimum Gasteiger partial charge on any atom is -0.480 e. The number of carbonyl (C=O) groups is 1. The minimum absolute atomic E-state index is 0.229. The van der Waals surface area contributed by atoms with Gasteiger partial charge in [-0.15, -0.1) is 0 Å². The fraction of sp³-hybridized carbons (Fsp3) is 0.562. The Labute approximate surface area is 116 Å². The predicted octanol–water partition coefficient (Wildman–Crippen LogP) is 3.10. The molecular formula is C16H25NO2. The Bertz CT molecular complexity index is 376. The lowest BCUT2D eigenvalue weighted by molar-refractivity contribution is -0.139. The normalized spacial score (nSPS) is 14.3. The van der Waals surface area contributed by atoms with Gasteiger partial charge in [-0.25, -0.2) is 0 Å². The average Bonchev–Trinajstić information content (AvgIpc) is 2.36. The summed E-state index contributed by atoms with van der Waals surface area (Å²) in [6, 6.07) is 9.48. The van der Waals surface area contributed by atoms with Crippen LogP contribution in [-0.4, -0.2) is 23.2 Å². The van der Waals surface area contributed by atoms with Crippen molar-refractivity contribution in [3.63, 3.8) is 0 Å². The third-order valence-electron chi connectivity index (χ3n) is 3.24. The third kappa shape index (κ3) is 6.39. The lowest BCUT2D eigenvalue weighted by atomic mass is 10.0. The molecule has 3 heteroatoms. The first-order valence-corrected chi connectivity index (χ1v) is 7.01. The Morgan fingerprint density at radius 1 is 1.16 bits per heavy atom. The molecule has 0 aliphatic carbocycles. The van der Waals surface area contributed by atoms with Gasteiger partial charge in [-0.2, -0.15) is 0 Å². The molecule has 0 saturated heterocycles. The van der Waals surface area contributed by atoms with Crippen molar-refractivity contribution in [2.75, 3.05) is 0 Å². The molecular weight excluding hydrogens is 238 g/mol. The van der Waals surface area contributed by atoms with Gasteiger partial charge in [-0.1, -0.05) is 44.2 Å². The summed E-state index contributed by atoms with van der Waals surface area (Å²) >= 11 is 0. The quantitative estimate of drug-likeness (QED) is 0.757. The molecule has 0 aromatic heterocycles. The smallest absolute Gasteiger partial charge is 0.321 e. The van der Waals surface area contributed by atoms with Gasteiger partial charge in [0.05, 0.1) is 0 Å². The van der Waals surface area contributed by atoms with Crippen LogP contribution in [-0.2, 0) is 11.2 Å². The Kier molecular flexibility index (Phi) is 6.57. The van der Waals surface area contributed by atoms with E-state index in [1.807, 2.05) is 30.3 Å². The lowest BCUT2D eigenvalue weighted by Crippen LogP contribution is -2.43. The van der Waals surface area contributed by atoms with Gasteiger partial charge >= 0.3 is 5.97 Å². The molecule has 0 fully saturated rings. The summed E-state index contributed by atoms with van der Waals surface area (Å²) in [6.07, 6.45) is 2.66. The second-order valence-corrected chi connectivity index (χ2v) is 5.62. The molecule has 0 saturated carbocycles. The zero-order chi connectivity index (χ0) is 14.3. The van der Waals surface area contributed by atoms with E-state index in [9.17, 15) is 9.90 Å². The maximum Gasteiger partial charge on any atom is 0.321 e. The first kappa shape index (κ1) is 15.7. The summed E-state index contributed by atoms with van der Waals surface area (Å²) in [7, 11) is 0. The van der Waals surface area contributed by atoms with E-state index in [0.29, 0.717) is 12.3 Å². The highest BCUT2D eigenvalue weighted by atomic mass is 16.4. The number of aliphatic carboxylic acids is 1. The van der Waals surface area contributed by atoms with Crippen molar-refractivity contribution in [1.82, 2.24) is 5.32 Å². The van der Waals surface area contributed by atoms with Gasteiger partial charge in [0.1, 0.15) is 6.04 Å². The van der Waals surface area contributed by atoms with Gasteiger partial charge in [-0.05, 0) is 37.7 Å². The Balaban J connectivity index is 2.51. The van der Waals surface area contributed by atoms with Crippen LogP contribution in [0.15, 0.2) is 30.3 Å². The average molecular weight is 263 g/mol. The number of hydrogen-bond donors (Lipinski definition) is 2. The van der Waals surface area contributed by atoms with E-state index in [1.54, 1.807) is 0 Å².